The van der Waals surface area contributed by atoms with Crippen LogP contribution in [0, 0.1) is 5.82 Å². The number of halogens is 1. The Morgan fingerprint density at radius 1 is 0.636 bits per heavy atom. The first-order valence-corrected chi connectivity index (χ1v) is 26.3. The zero-order chi connectivity index (χ0) is 54.4. The third-order valence-electron chi connectivity index (χ3n) is 15.0. The van der Waals surface area contributed by atoms with Crippen LogP contribution >= 0.6 is 22.7 Å². The van der Waals surface area contributed by atoms with E-state index in [1.54, 1.807) is 34.8 Å². The molecule has 0 saturated carbocycles. The SMILES string of the molecule is CN1c2cc3c(cc2-c2sc4ccccc4c2C1(C)C)C(c1ccc(N(CC(=O)O)CC(=O)O)c(OCCOc2cc(F)ccc2N(CC(=O)O)CC(=O)O)c1)=c1cc2c(cc1O3)=[N+](C)C(C)(C)c1c-2sc2ccccc12. The van der Waals surface area contributed by atoms with Gasteiger partial charge in [-0.2, -0.15) is 0 Å². The molecule has 0 radical (unpaired) electrons. The van der Waals surface area contributed by atoms with Crippen LogP contribution in [-0.2, 0) is 30.3 Å². The van der Waals surface area contributed by atoms with Crippen molar-refractivity contribution in [1.29, 1.82) is 0 Å². The van der Waals surface area contributed by atoms with Crippen LogP contribution in [0.4, 0.5) is 21.5 Å². The lowest BCUT2D eigenvalue weighted by Gasteiger charge is -2.43. The highest BCUT2D eigenvalue weighted by Crippen LogP contribution is 2.56. The summed E-state index contributed by atoms with van der Waals surface area (Å²) in [7, 11) is 4.20. The Bertz CT molecular complexity index is 3950. The molecule has 0 aliphatic carbocycles. The van der Waals surface area contributed by atoms with Crippen molar-refractivity contribution in [3.63, 3.8) is 0 Å². The lowest BCUT2D eigenvalue weighted by Crippen LogP contribution is -2.46. The van der Waals surface area contributed by atoms with Crippen molar-refractivity contribution >= 4 is 89.4 Å². The molecule has 11 rings (SSSR count). The quantitative estimate of drug-likeness (QED) is 0.0529. The van der Waals surface area contributed by atoms with Gasteiger partial charge in [-0.25, -0.2) is 8.97 Å². The predicted octanol–water partition coefficient (Wildman–Crippen LogP) is 9.41. The molecule has 15 nitrogen and oxygen atoms in total. The highest BCUT2D eigenvalue weighted by atomic mass is 32.1. The van der Waals surface area contributed by atoms with Crippen LogP contribution in [-0.4, -0.2) is 97.8 Å². The van der Waals surface area contributed by atoms with Gasteiger partial charge in [0.2, 0.25) is 5.36 Å². The fourth-order valence-electron chi connectivity index (χ4n) is 11.1. The van der Waals surface area contributed by atoms with E-state index in [1.165, 1.54) is 32.9 Å². The summed E-state index contributed by atoms with van der Waals surface area (Å²) in [4.78, 5) is 55.0. The Labute approximate surface area is 448 Å². The zero-order valence-corrected chi connectivity index (χ0v) is 44.4. The third-order valence-corrected chi connectivity index (χ3v) is 17.4. The van der Waals surface area contributed by atoms with Crippen LogP contribution in [0.3, 0.4) is 0 Å². The minimum Gasteiger partial charge on any atom is -0.488 e. The van der Waals surface area contributed by atoms with Crippen molar-refractivity contribution < 1.29 is 58.2 Å². The van der Waals surface area contributed by atoms with Crippen molar-refractivity contribution in [2.24, 2.45) is 0 Å². The Morgan fingerprint density at radius 3 is 1.75 bits per heavy atom. The highest BCUT2D eigenvalue weighted by molar-refractivity contribution is 7.23. The molecule has 18 heteroatoms. The van der Waals surface area contributed by atoms with Crippen LogP contribution in [0.1, 0.15) is 49.9 Å². The van der Waals surface area contributed by atoms with Gasteiger partial charge in [0.1, 0.15) is 75.3 Å². The fourth-order valence-corrected chi connectivity index (χ4v) is 13.9. The summed E-state index contributed by atoms with van der Waals surface area (Å²) < 4.78 is 38.9. The number of nitrogens with zero attached hydrogens (tertiary/aromatic N) is 4. The van der Waals surface area contributed by atoms with Crippen molar-refractivity contribution in [2.45, 2.75) is 38.8 Å². The summed E-state index contributed by atoms with van der Waals surface area (Å²) in [6, 6.07) is 33.9. The molecule has 0 saturated heterocycles. The van der Waals surface area contributed by atoms with Gasteiger partial charge in [0, 0.05) is 91.4 Å². The second-order valence-corrected chi connectivity index (χ2v) is 22.4. The van der Waals surface area contributed by atoms with E-state index in [0.29, 0.717) is 17.1 Å². The number of rotatable bonds is 16. The molecule has 0 unspecified atom stereocenters. The number of carboxylic acid groups (broad SMARTS) is 4. The van der Waals surface area contributed by atoms with Crippen LogP contribution in [0.5, 0.6) is 23.0 Å². The number of anilines is 3. The van der Waals surface area contributed by atoms with E-state index < -0.39 is 67.0 Å². The Hall–Kier alpha value is -8.48. The number of thiophene rings is 2. The summed E-state index contributed by atoms with van der Waals surface area (Å²) in [6.07, 6.45) is 0. The lowest BCUT2D eigenvalue weighted by molar-refractivity contribution is -0.138. The minimum atomic E-state index is -1.32. The van der Waals surface area contributed by atoms with E-state index >= 15 is 0 Å². The van der Waals surface area contributed by atoms with Crippen molar-refractivity contribution in [3.8, 4) is 43.9 Å². The zero-order valence-electron chi connectivity index (χ0n) is 42.8. The van der Waals surface area contributed by atoms with E-state index in [2.05, 4.69) is 112 Å². The summed E-state index contributed by atoms with van der Waals surface area (Å²) in [5, 5.41) is 43.4. The molecule has 0 atom stereocenters. The summed E-state index contributed by atoms with van der Waals surface area (Å²) in [5.41, 5.74) is 6.97. The number of hydrogen-bond acceptors (Lipinski definition) is 12. The summed E-state index contributed by atoms with van der Waals surface area (Å²) in [6.45, 7) is 5.54. The second kappa shape index (κ2) is 19.0. The van der Waals surface area contributed by atoms with E-state index in [-0.39, 0.29) is 36.1 Å². The molecule has 0 fully saturated rings. The molecule has 6 aromatic carbocycles. The van der Waals surface area contributed by atoms with Gasteiger partial charge in [-0.3, -0.25) is 19.2 Å². The van der Waals surface area contributed by atoms with Gasteiger partial charge in [0.25, 0.3) is 0 Å². The molecule has 3 aliphatic rings. The molecule has 3 aliphatic heterocycles. The molecule has 0 spiro atoms. The number of ether oxygens (including phenoxy) is 3. The lowest BCUT2D eigenvalue weighted by atomic mass is 9.81. The van der Waals surface area contributed by atoms with Crippen molar-refractivity contribution in [2.75, 3.05) is 68.2 Å². The standard InChI is InChI=1S/C59H51FN4O11S2/c1-58(2)54-33-11-7-9-13-47(33)76-56(54)35-23-37-43(25-41(35)61(58)5)75-44-26-42-36(57-55(59(3,4)62(42)6)34-12-8-10-14-48(34)77-57)24-38(44)53(37)31-15-17-39(63(27-49(65)66)28-50(67)68)45(21-31)73-19-20-74-46-22-32(60)16-18-40(46)64(29-51(69)70)30-52(71)72/h7-18,21-26H,19-20,27-30H2,1-6H3,(H3-,65,66,67,68,69,70,71,72)/p+1. The molecular formula is C59H52FN4O11S2+. The molecule has 8 aromatic rings. The smallest absolute Gasteiger partial charge is 0.323 e. The van der Waals surface area contributed by atoms with E-state index in [9.17, 15) is 44.0 Å². The first kappa shape index (κ1) is 50.7. The van der Waals surface area contributed by atoms with Crippen LogP contribution in [0.25, 0.3) is 46.6 Å². The van der Waals surface area contributed by atoms with Gasteiger partial charge in [0.15, 0.2) is 5.54 Å². The Kier molecular flexibility index (Phi) is 12.5. The highest BCUT2D eigenvalue weighted by Gasteiger charge is 2.43. The van der Waals surface area contributed by atoms with E-state index in [1.807, 2.05) is 18.2 Å². The molecule has 4 N–H and O–H groups in total. The largest absolute Gasteiger partial charge is 0.488 e. The molecule has 392 valence electrons. The van der Waals surface area contributed by atoms with Gasteiger partial charge in [-0.15, -0.1) is 22.7 Å². The van der Waals surface area contributed by atoms with Crippen LogP contribution < -0.4 is 44.1 Å². The number of fused-ring (bicyclic) bond motifs is 12. The monoisotopic (exact) mass is 1080 g/mol. The second-order valence-electron chi connectivity index (χ2n) is 20.3. The first-order valence-electron chi connectivity index (χ1n) is 24.7. The van der Waals surface area contributed by atoms with Gasteiger partial charge in [-0.1, -0.05) is 42.5 Å². The normalized spacial score (nSPS) is 14.4. The average Bonchev–Trinajstić information content (AvgIpc) is 3.99. The maximum absolute atomic E-state index is 14.8. The van der Waals surface area contributed by atoms with Crippen LogP contribution in [0.15, 0.2) is 109 Å². The first-order chi connectivity index (χ1) is 36.7. The average molecular weight is 1080 g/mol. The third kappa shape index (κ3) is 8.70. The Morgan fingerprint density at radius 2 is 1.17 bits per heavy atom. The molecule has 0 bridgehead atoms. The molecule has 0 amide bonds. The van der Waals surface area contributed by atoms with Gasteiger partial charge >= 0.3 is 23.9 Å². The van der Waals surface area contributed by atoms with Gasteiger partial charge in [-0.05, 0) is 73.3 Å². The van der Waals surface area contributed by atoms with Crippen molar-refractivity contribution in [1.82, 2.24) is 4.58 Å². The molecule has 5 heterocycles. The number of carboxylic acids is 4. The molecule has 77 heavy (non-hydrogen) atoms. The summed E-state index contributed by atoms with van der Waals surface area (Å²) >= 11 is 3.48. The van der Waals surface area contributed by atoms with E-state index in [0.717, 1.165) is 74.7 Å². The number of hydrogen-bond donors (Lipinski definition) is 4. The topological polar surface area (TPSA) is 190 Å². The van der Waals surface area contributed by atoms with Gasteiger partial charge in [0.05, 0.1) is 33.4 Å². The number of carbonyl (C=O) groups is 4. The number of aliphatic carboxylic acids is 4. The van der Waals surface area contributed by atoms with Crippen LogP contribution in [0.2, 0.25) is 0 Å². The Balaban J connectivity index is 1.11. The minimum absolute atomic E-state index is 0.0145. The fraction of sp³-hybridized carbons (Fsp3) is 0.237. The summed E-state index contributed by atoms with van der Waals surface area (Å²) in [5.74, 6) is -4.77. The van der Waals surface area contributed by atoms with E-state index in [4.69, 9.17) is 14.2 Å². The maximum atomic E-state index is 14.8. The maximum Gasteiger partial charge on any atom is 0.323 e. The molecule has 2 aromatic heterocycles. The van der Waals surface area contributed by atoms with Gasteiger partial charge < -0.3 is 49.3 Å². The predicted molar refractivity (Wildman–Crippen MR) is 296 cm³/mol. The molecular weight excluding hydrogens is 1020 g/mol. The van der Waals surface area contributed by atoms with Crippen molar-refractivity contribution in [3.05, 3.63) is 148 Å². The number of benzene rings is 6.